The zero-order valence-electron chi connectivity index (χ0n) is 32.4. The number of aryl methyl sites for hydroxylation is 3. The van der Waals surface area contributed by atoms with Crippen molar-refractivity contribution >= 4 is 57.0 Å². The number of unbranched alkanes of at least 4 members (excludes halogenated alkanes) is 6. The molecule has 4 nitrogen and oxygen atoms in total. The lowest BCUT2D eigenvalue weighted by Crippen LogP contribution is -1.97. The zero-order valence-corrected chi connectivity index (χ0v) is 34.9. The molecule has 0 amide bonds. The van der Waals surface area contributed by atoms with Crippen molar-refractivity contribution in [3.05, 3.63) is 130 Å². The highest BCUT2D eigenvalue weighted by Crippen LogP contribution is 2.49. The summed E-state index contributed by atoms with van der Waals surface area (Å²) in [5, 5.41) is 20.6. The minimum absolute atomic E-state index is 0.218. The van der Waals surface area contributed by atoms with Crippen LogP contribution in [0.4, 0.5) is 0 Å². The molecule has 4 heterocycles. The first kappa shape index (κ1) is 39.2. The fourth-order valence-electron chi connectivity index (χ4n) is 7.50. The molecule has 0 saturated carbocycles. The van der Waals surface area contributed by atoms with Crippen LogP contribution in [0, 0.1) is 18.3 Å². The molecule has 284 valence electrons. The van der Waals surface area contributed by atoms with Crippen LogP contribution in [-0.2, 0) is 17.6 Å². The molecule has 0 bridgehead atoms. The minimum atomic E-state index is -1.18. The summed E-state index contributed by atoms with van der Waals surface area (Å²) in [6.07, 6.45) is 12.7. The molecule has 7 rings (SSSR count). The lowest BCUT2D eigenvalue weighted by Gasteiger charge is -2.13. The van der Waals surface area contributed by atoms with Crippen molar-refractivity contribution in [2.45, 2.75) is 85.0 Å². The van der Waals surface area contributed by atoms with Crippen molar-refractivity contribution in [1.82, 2.24) is 4.57 Å². The Morgan fingerprint density at radius 2 is 1.38 bits per heavy atom. The predicted molar refractivity (Wildman–Crippen MR) is 240 cm³/mol. The number of aliphatic carboxylic acids is 1. The standard InChI is InChI=1S/C49H48N2O2S3/c1-4-6-8-11-19-35-29-45(55-43(35)31-37(32-50)49(52)53)48-36(20-12-9-7-5-2)30-44(56-48)41-27-28-42(54-41)46-39-21-15-16-22-40(39)51(38-25-23-33(3)24-26-38)47(46)34-17-13-10-14-18-34/h10,13-18,21-31H,4-9,11-12,19-20H2,1-3H3,(H,52,53). The Labute approximate surface area is 343 Å². The monoisotopic (exact) mass is 792 g/mol. The van der Waals surface area contributed by atoms with Gasteiger partial charge in [-0.15, -0.1) is 34.0 Å². The molecule has 0 aliphatic rings. The Balaban J connectivity index is 1.34. The van der Waals surface area contributed by atoms with Crippen molar-refractivity contribution in [2.24, 2.45) is 0 Å². The number of fused-ring (bicyclic) bond motifs is 1. The van der Waals surface area contributed by atoms with Crippen molar-refractivity contribution in [3.63, 3.8) is 0 Å². The van der Waals surface area contributed by atoms with Gasteiger partial charge >= 0.3 is 5.97 Å². The second kappa shape index (κ2) is 18.3. The van der Waals surface area contributed by atoms with Gasteiger partial charge in [-0.2, -0.15) is 5.26 Å². The molecule has 0 aliphatic carbocycles. The van der Waals surface area contributed by atoms with E-state index in [1.54, 1.807) is 17.4 Å². The average Bonchev–Trinajstić information content (AvgIpc) is 4.02. The number of nitriles is 1. The van der Waals surface area contributed by atoms with E-state index in [0.717, 1.165) is 59.5 Å². The molecule has 0 aliphatic heterocycles. The van der Waals surface area contributed by atoms with Crippen molar-refractivity contribution in [1.29, 1.82) is 5.26 Å². The zero-order chi connectivity index (χ0) is 39.0. The number of nitrogens with zero attached hydrogens (tertiary/aromatic N) is 2. The molecule has 4 aromatic heterocycles. The number of carboxylic acid groups (broad SMARTS) is 1. The van der Waals surface area contributed by atoms with E-state index in [9.17, 15) is 15.2 Å². The Hall–Kier alpha value is -5.00. The lowest BCUT2D eigenvalue weighted by molar-refractivity contribution is -0.132. The van der Waals surface area contributed by atoms with Gasteiger partial charge in [0.2, 0.25) is 0 Å². The molecule has 0 radical (unpaired) electrons. The SMILES string of the molecule is CCCCCCc1cc(-c2sc(-c3ccc(-c4c(-c5ccccc5)n(-c5ccc(C)cc5)c5ccccc45)s3)cc2CCCCCC)sc1C=C(C#N)C(=O)O. The van der Waals surface area contributed by atoms with Gasteiger partial charge in [-0.1, -0.05) is 119 Å². The molecular weight excluding hydrogens is 745 g/mol. The molecule has 1 N–H and O–H groups in total. The number of carboxylic acids is 1. The molecule has 7 aromatic rings. The summed E-state index contributed by atoms with van der Waals surface area (Å²) in [7, 11) is 0. The third-order valence-electron chi connectivity index (χ3n) is 10.4. The molecular formula is C49H48N2O2S3. The maximum absolute atomic E-state index is 11.9. The fraction of sp³-hybridized carbons (Fsp3) is 0.265. The third-order valence-corrected chi connectivity index (χ3v) is 14.2. The molecule has 0 fully saturated rings. The van der Waals surface area contributed by atoms with Crippen LogP contribution < -0.4 is 0 Å². The highest BCUT2D eigenvalue weighted by molar-refractivity contribution is 7.27. The largest absolute Gasteiger partial charge is 0.477 e. The minimum Gasteiger partial charge on any atom is -0.477 e. The van der Waals surface area contributed by atoms with E-state index >= 15 is 0 Å². The molecule has 0 spiro atoms. The van der Waals surface area contributed by atoms with Crippen LogP contribution in [0.15, 0.2) is 109 Å². The molecule has 3 aromatic carbocycles. The number of hydrogen-bond acceptors (Lipinski definition) is 5. The van der Waals surface area contributed by atoms with Crippen LogP contribution in [0.25, 0.3) is 63.9 Å². The molecule has 0 atom stereocenters. The van der Waals surface area contributed by atoms with Crippen LogP contribution in [0.3, 0.4) is 0 Å². The summed E-state index contributed by atoms with van der Waals surface area (Å²) in [4.78, 5) is 18.9. The van der Waals surface area contributed by atoms with Crippen LogP contribution in [-0.4, -0.2) is 15.6 Å². The van der Waals surface area contributed by atoms with E-state index in [4.69, 9.17) is 0 Å². The maximum atomic E-state index is 11.9. The topological polar surface area (TPSA) is 66.0 Å². The first-order valence-corrected chi connectivity index (χ1v) is 22.3. The van der Waals surface area contributed by atoms with Crippen molar-refractivity contribution in [2.75, 3.05) is 0 Å². The van der Waals surface area contributed by atoms with Gasteiger partial charge in [-0.25, -0.2) is 4.79 Å². The van der Waals surface area contributed by atoms with Crippen LogP contribution in [0.2, 0.25) is 0 Å². The predicted octanol–water partition coefficient (Wildman–Crippen LogP) is 15.0. The van der Waals surface area contributed by atoms with Crippen molar-refractivity contribution < 1.29 is 9.90 Å². The summed E-state index contributed by atoms with van der Waals surface area (Å²) in [6, 6.07) is 39.5. The van der Waals surface area contributed by atoms with E-state index in [0.29, 0.717) is 0 Å². The van der Waals surface area contributed by atoms with Gasteiger partial charge in [0, 0.05) is 45.9 Å². The summed E-state index contributed by atoms with van der Waals surface area (Å²) >= 11 is 5.32. The number of rotatable bonds is 17. The highest BCUT2D eigenvalue weighted by Gasteiger charge is 2.24. The first-order valence-electron chi connectivity index (χ1n) is 19.9. The number of thiophene rings is 3. The first-order chi connectivity index (χ1) is 27.4. The number of para-hydroxylation sites is 1. The number of benzene rings is 3. The van der Waals surface area contributed by atoms with E-state index in [1.165, 1.54) is 84.0 Å². The van der Waals surface area contributed by atoms with Crippen LogP contribution in [0.5, 0.6) is 0 Å². The van der Waals surface area contributed by atoms with Gasteiger partial charge in [0.25, 0.3) is 0 Å². The van der Waals surface area contributed by atoms with Gasteiger partial charge in [0.05, 0.1) is 11.2 Å². The summed E-state index contributed by atoms with van der Waals surface area (Å²) in [5.41, 5.74) is 9.45. The second-order valence-corrected chi connectivity index (χ2v) is 17.7. The van der Waals surface area contributed by atoms with Gasteiger partial charge in [-0.05, 0) is 97.8 Å². The number of carbonyl (C=O) groups is 1. The Morgan fingerprint density at radius 1 is 0.714 bits per heavy atom. The van der Waals surface area contributed by atoms with E-state index in [2.05, 4.69) is 128 Å². The fourth-order valence-corrected chi connectivity index (χ4v) is 11.1. The Bertz CT molecular complexity index is 2500. The highest BCUT2D eigenvalue weighted by atomic mass is 32.1. The lowest BCUT2D eigenvalue weighted by atomic mass is 10.0. The van der Waals surface area contributed by atoms with E-state index in [-0.39, 0.29) is 5.57 Å². The summed E-state index contributed by atoms with van der Waals surface area (Å²) in [6.45, 7) is 6.59. The average molecular weight is 793 g/mol. The van der Waals surface area contributed by atoms with Crippen molar-refractivity contribution in [3.8, 4) is 53.0 Å². The van der Waals surface area contributed by atoms with Gasteiger partial charge in [-0.3, -0.25) is 0 Å². The van der Waals surface area contributed by atoms with Gasteiger partial charge in [0.1, 0.15) is 11.6 Å². The molecule has 0 unspecified atom stereocenters. The smallest absolute Gasteiger partial charge is 0.346 e. The van der Waals surface area contributed by atoms with Crippen LogP contribution in [0.1, 0.15) is 86.8 Å². The maximum Gasteiger partial charge on any atom is 0.346 e. The quantitative estimate of drug-likeness (QED) is 0.0567. The Kier molecular flexibility index (Phi) is 12.8. The third kappa shape index (κ3) is 8.54. The molecule has 56 heavy (non-hydrogen) atoms. The summed E-state index contributed by atoms with van der Waals surface area (Å²) < 4.78 is 2.42. The number of hydrogen-bond donors (Lipinski definition) is 1. The van der Waals surface area contributed by atoms with Gasteiger partial charge < -0.3 is 9.67 Å². The Morgan fingerprint density at radius 3 is 2.07 bits per heavy atom. The van der Waals surface area contributed by atoms with Crippen LogP contribution >= 0.6 is 34.0 Å². The van der Waals surface area contributed by atoms with E-state index < -0.39 is 5.97 Å². The summed E-state index contributed by atoms with van der Waals surface area (Å²) in [5.74, 6) is -1.18. The number of aromatic nitrogens is 1. The second-order valence-electron chi connectivity index (χ2n) is 14.5. The van der Waals surface area contributed by atoms with Gasteiger partial charge in [0.15, 0.2) is 0 Å². The van der Waals surface area contributed by atoms with E-state index in [1.807, 2.05) is 28.7 Å². The molecule has 0 saturated heterocycles. The molecule has 7 heteroatoms. The normalized spacial score (nSPS) is 11.7.